The molecule has 0 unspecified atom stereocenters. The molecule has 0 heterocycles. The lowest BCUT2D eigenvalue weighted by atomic mass is 10.2. The van der Waals surface area contributed by atoms with E-state index < -0.39 is 30.6 Å². The molecule has 0 spiro atoms. The summed E-state index contributed by atoms with van der Waals surface area (Å²) in [7, 11) is 0. The Balaban J connectivity index is 3.53. The highest BCUT2D eigenvalue weighted by atomic mass is 16.4. The molecule has 0 aliphatic rings. The van der Waals surface area contributed by atoms with E-state index in [1.807, 2.05) is 0 Å². The second-order valence-electron chi connectivity index (χ2n) is 1.84. The third kappa shape index (κ3) is 6.50. The Morgan fingerprint density at radius 1 is 1.09 bits per heavy atom. The lowest BCUT2D eigenvalue weighted by Gasteiger charge is -1.91. The van der Waals surface area contributed by atoms with E-state index in [-0.39, 0.29) is 0 Å². The van der Waals surface area contributed by atoms with Crippen LogP contribution in [0.15, 0.2) is 0 Å². The minimum absolute atomic E-state index is 0.424. The Bertz CT molecular complexity index is 183. The topological polar surface area (TPSA) is 91.7 Å². The normalized spacial score (nSPS) is 9.09. The fraction of sp³-hybridized carbons (Fsp3) is 0.333. The lowest BCUT2D eigenvalue weighted by molar-refractivity contribution is -0.141. The van der Waals surface area contributed by atoms with Gasteiger partial charge in [0.05, 0.1) is 6.42 Å². The predicted octanol–water partition coefficient (Wildman–Crippen LogP) is -0.291. The van der Waals surface area contributed by atoms with Crippen molar-refractivity contribution in [2.75, 3.05) is 0 Å². The molecule has 0 rings (SSSR count). The standard InChI is InChI=1S/C6H7O5/c7-4(3-6(10)11)1-2-5(8)9/h1H,2-3H2,(H,8,9)(H,10,11). The highest BCUT2D eigenvalue weighted by Crippen LogP contribution is 1.93. The van der Waals surface area contributed by atoms with Gasteiger partial charge in [-0.25, -0.2) is 0 Å². The van der Waals surface area contributed by atoms with Crippen LogP contribution in [0.1, 0.15) is 12.8 Å². The van der Waals surface area contributed by atoms with E-state index in [4.69, 9.17) is 10.2 Å². The van der Waals surface area contributed by atoms with E-state index in [9.17, 15) is 14.4 Å². The van der Waals surface area contributed by atoms with Gasteiger partial charge < -0.3 is 10.2 Å². The van der Waals surface area contributed by atoms with Gasteiger partial charge in [0.25, 0.3) is 0 Å². The van der Waals surface area contributed by atoms with E-state index in [1.54, 1.807) is 0 Å². The number of ketones is 1. The van der Waals surface area contributed by atoms with Gasteiger partial charge in [-0.1, -0.05) is 0 Å². The molecular formula is C6H7O5. The predicted molar refractivity (Wildman–Crippen MR) is 33.8 cm³/mol. The van der Waals surface area contributed by atoms with Crippen molar-refractivity contribution in [2.45, 2.75) is 12.8 Å². The fourth-order valence-corrected chi connectivity index (χ4v) is 0.422. The lowest BCUT2D eigenvalue weighted by Crippen LogP contribution is -2.09. The number of hydrogen-bond donors (Lipinski definition) is 2. The highest BCUT2D eigenvalue weighted by Gasteiger charge is 2.09. The zero-order valence-corrected chi connectivity index (χ0v) is 5.61. The molecule has 11 heavy (non-hydrogen) atoms. The number of carbonyl (C=O) groups excluding carboxylic acids is 1. The Morgan fingerprint density at radius 3 is 2.00 bits per heavy atom. The maximum atomic E-state index is 10.5. The summed E-state index contributed by atoms with van der Waals surface area (Å²) in [5.41, 5.74) is 0. The van der Waals surface area contributed by atoms with Gasteiger partial charge in [-0.2, -0.15) is 0 Å². The van der Waals surface area contributed by atoms with Crippen LogP contribution in [0, 0.1) is 6.42 Å². The molecule has 0 saturated carbocycles. The molecule has 0 bridgehead atoms. The number of rotatable bonds is 5. The van der Waals surface area contributed by atoms with Crippen molar-refractivity contribution in [3.05, 3.63) is 6.42 Å². The second kappa shape index (κ2) is 4.43. The molecule has 1 radical (unpaired) electrons. The zero-order valence-electron chi connectivity index (χ0n) is 5.61. The van der Waals surface area contributed by atoms with Crippen molar-refractivity contribution in [1.82, 2.24) is 0 Å². The first-order chi connectivity index (χ1) is 5.02. The van der Waals surface area contributed by atoms with Crippen LogP contribution in [0.3, 0.4) is 0 Å². The number of carbonyl (C=O) groups is 3. The molecule has 0 aliphatic carbocycles. The van der Waals surface area contributed by atoms with Gasteiger partial charge in [-0.05, 0) is 0 Å². The van der Waals surface area contributed by atoms with Crippen molar-refractivity contribution in [3.8, 4) is 0 Å². The van der Waals surface area contributed by atoms with E-state index in [2.05, 4.69) is 0 Å². The van der Waals surface area contributed by atoms with Gasteiger partial charge >= 0.3 is 11.9 Å². The van der Waals surface area contributed by atoms with Gasteiger partial charge in [0.1, 0.15) is 12.2 Å². The van der Waals surface area contributed by atoms with E-state index in [1.165, 1.54) is 0 Å². The fourth-order valence-electron chi connectivity index (χ4n) is 0.422. The van der Waals surface area contributed by atoms with E-state index >= 15 is 0 Å². The second-order valence-corrected chi connectivity index (χ2v) is 1.84. The number of aliphatic carboxylic acids is 2. The van der Waals surface area contributed by atoms with Crippen LogP contribution in [0.2, 0.25) is 0 Å². The third-order valence-corrected chi connectivity index (χ3v) is 0.830. The molecule has 5 heteroatoms. The number of carboxylic acids is 2. The summed E-state index contributed by atoms with van der Waals surface area (Å²) in [5.74, 6) is -3.08. The Morgan fingerprint density at radius 2 is 1.64 bits per heavy atom. The van der Waals surface area contributed by atoms with Crippen molar-refractivity contribution < 1.29 is 24.6 Å². The third-order valence-electron chi connectivity index (χ3n) is 0.830. The zero-order chi connectivity index (χ0) is 8.85. The van der Waals surface area contributed by atoms with Crippen LogP contribution in [-0.2, 0) is 14.4 Å². The molecule has 0 aliphatic heterocycles. The molecule has 0 saturated heterocycles. The van der Waals surface area contributed by atoms with Crippen LogP contribution >= 0.6 is 0 Å². The van der Waals surface area contributed by atoms with Gasteiger partial charge in [0.15, 0.2) is 0 Å². The smallest absolute Gasteiger partial charge is 0.310 e. The van der Waals surface area contributed by atoms with Crippen LogP contribution in [0.5, 0.6) is 0 Å². The Labute approximate surface area is 62.6 Å². The van der Waals surface area contributed by atoms with Crippen molar-refractivity contribution >= 4 is 17.7 Å². The average Bonchev–Trinajstić information content (AvgIpc) is 1.82. The molecule has 0 amide bonds. The summed E-state index contributed by atoms with van der Waals surface area (Å²) >= 11 is 0. The molecule has 0 aromatic rings. The number of Topliss-reactive ketones (excluding diaryl/α,β-unsaturated/α-hetero) is 1. The van der Waals surface area contributed by atoms with E-state index in [0.717, 1.165) is 6.42 Å². The molecular weight excluding hydrogens is 152 g/mol. The summed E-state index contributed by atoms with van der Waals surface area (Å²) in [6.45, 7) is 0. The maximum Gasteiger partial charge on any atom is 0.310 e. The van der Waals surface area contributed by atoms with Crippen LogP contribution in [0.4, 0.5) is 0 Å². The molecule has 2 N–H and O–H groups in total. The van der Waals surface area contributed by atoms with Crippen molar-refractivity contribution in [3.63, 3.8) is 0 Å². The summed E-state index contributed by atoms with van der Waals surface area (Å²) in [5, 5.41) is 16.1. The van der Waals surface area contributed by atoms with Crippen molar-refractivity contribution in [1.29, 1.82) is 0 Å². The molecule has 5 nitrogen and oxygen atoms in total. The van der Waals surface area contributed by atoms with Gasteiger partial charge in [-0.15, -0.1) is 0 Å². The molecule has 0 aromatic heterocycles. The minimum atomic E-state index is -1.25. The SMILES string of the molecule is O=C(O)C[CH]C(=O)CC(=O)O. The van der Waals surface area contributed by atoms with Crippen LogP contribution in [0.25, 0.3) is 0 Å². The first-order valence-corrected chi connectivity index (χ1v) is 2.82. The van der Waals surface area contributed by atoms with Gasteiger partial charge in [-0.3, -0.25) is 14.4 Å². The Kier molecular flexibility index (Phi) is 3.87. The minimum Gasteiger partial charge on any atom is -0.481 e. The summed E-state index contributed by atoms with van der Waals surface area (Å²) in [6, 6.07) is 0. The average molecular weight is 159 g/mol. The summed E-state index contributed by atoms with van der Waals surface area (Å²) in [6.07, 6.45) is -0.226. The first kappa shape index (κ1) is 9.61. The first-order valence-electron chi connectivity index (χ1n) is 2.82. The molecule has 0 fully saturated rings. The summed E-state index contributed by atoms with van der Waals surface area (Å²) < 4.78 is 0. The monoisotopic (exact) mass is 159 g/mol. The van der Waals surface area contributed by atoms with Gasteiger partial charge in [0.2, 0.25) is 0 Å². The highest BCUT2D eigenvalue weighted by molar-refractivity contribution is 6.01. The largest absolute Gasteiger partial charge is 0.481 e. The molecule has 61 valence electrons. The summed E-state index contributed by atoms with van der Waals surface area (Å²) in [4.78, 5) is 30.2. The Hall–Kier alpha value is -1.39. The van der Waals surface area contributed by atoms with Crippen LogP contribution in [-0.4, -0.2) is 27.9 Å². The van der Waals surface area contributed by atoms with Crippen LogP contribution < -0.4 is 0 Å². The number of hydrogen-bond acceptors (Lipinski definition) is 3. The quantitative estimate of drug-likeness (QED) is 0.537. The maximum absolute atomic E-state index is 10.5. The van der Waals surface area contributed by atoms with Gasteiger partial charge in [0, 0.05) is 6.42 Å². The van der Waals surface area contributed by atoms with E-state index in [0.29, 0.717) is 0 Å². The molecule has 0 atom stereocenters. The van der Waals surface area contributed by atoms with Crippen molar-refractivity contribution in [2.24, 2.45) is 0 Å². The molecule has 0 aromatic carbocycles. The number of carboxylic acid groups (broad SMARTS) is 2.